The minimum absolute atomic E-state index is 0.433. The van der Waals surface area contributed by atoms with Crippen LogP contribution in [0.2, 0.25) is 0 Å². The third-order valence-corrected chi connectivity index (χ3v) is 2.58. The Kier molecular flexibility index (Phi) is 1.89. The number of hydrogen-bond donors (Lipinski definition) is 1. The molecule has 3 nitrogen and oxygen atoms in total. The SMILES string of the molecule is Cc1onc(C2CCCN2)c1C. The van der Waals surface area contributed by atoms with Gasteiger partial charge in [-0.05, 0) is 33.2 Å². The van der Waals surface area contributed by atoms with E-state index in [1.54, 1.807) is 0 Å². The van der Waals surface area contributed by atoms with Crippen molar-refractivity contribution >= 4 is 0 Å². The molecule has 1 atom stereocenters. The van der Waals surface area contributed by atoms with Crippen molar-refractivity contribution in [3.63, 3.8) is 0 Å². The molecule has 0 amide bonds. The zero-order valence-electron chi connectivity index (χ0n) is 7.55. The molecule has 2 heterocycles. The summed E-state index contributed by atoms with van der Waals surface area (Å²) in [6, 6.07) is 0.433. The van der Waals surface area contributed by atoms with E-state index in [0.717, 1.165) is 18.0 Å². The van der Waals surface area contributed by atoms with Crippen LogP contribution >= 0.6 is 0 Å². The Morgan fingerprint density at radius 1 is 1.50 bits per heavy atom. The predicted octanol–water partition coefficient (Wildman–Crippen LogP) is 1.72. The maximum Gasteiger partial charge on any atom is 0.136 e. The van der Waals surface area contributed by atoms with Crippen LogP contribution in [0.4, 0.5) is 0 Å². The van der Waals surface area contributed by atoms with Gasteiger partial charge in [-0.15, -0.1) is 0 Å². The van der Waals surface area contributed by atoms with E-state index in [1.807, 2.05) is 6.92 Å². The summed E-state index contributed by atoms with van der Waals surface area (Å²) >= 11 is 0. The van der Waals surface area contributed by atoms with Crippen LogP contribution in [0.1, 0.15) is 35.9 Å². The van der Waals surface area contributed by atoms with E-state index in [1.165, 1.54) is 18.4 Å². The van der Waals surface area contributed by atoms with Crippen molar-refractivity contribution in [2.75, 3.05) is 6.54 Å². The summed E-state index contributed by atoms with van der Waals surface area (Å²) in [5.41, 5.74) is 2.31. The lowest BCUT2D eigenvalue weighted by molar-refractivity contribution is 0.382. The number of aryl methyl sites for hydroxylation is 1. The van der Waals surface area contributed by atoms with E-state index < -0.39 is 0 Å². The first-order valence-corrected chi connectivity index (χ1v) is 4.45. The van der Waals surface area contributed by atoms with E-state index in [0.29, 0.717) is 6.04 Å². The monoisotopic (exact) mass is 166 g/mol. The van der Waals surface area contributed by atoms with Crippen LogP contribution in [-0.2, 0) is 0 Å². The zero-order chi connectivity index (χ0) is 8.55. The lowest BCUT2D eigenvalue weighted by atomic mass is 10.1. The normalized spacial score (nSPS) is 23.3. The summed E-state index contributed by atoms with van der Waals surface area (Å²) in [5.74, 6) is 0.943. The molecule has 0 bridgehead atoms. The predicted molar refractivity (Wildman–Crippen MR) is 46.0 cm³/mol. The third-order valence-electron chi connectivity index (χ3n) is 2.58. The van der Waals surface area contributed by atoms with Gasteiger partial charge in [-0.25, -0.2) is 0 Å². The molecule has 1 aromatic rings. The van der Waals surface area contributed by atoms with E-state index in [4.69, 9.17) is 4.52 Å². The van der Waals surface area contributed by atoms with Crippen molar-refractivity contribution in [3.8, 4) is 0 Å². The molecular formula is C9H14N2O. The molecule has 0 radical (unpaired) electrons. The molecule has 0 aromatic carbocycles. The molecule has 1 N–H and O–H groups in total. The second kappa shape index (κ2) is 2.90. The molecule has 12 heavy (non-hydrogen) atoms. The number of aromatic nitrogens is 1. The molecule has 3 heteroatoms. The van der Waals surface area contributed by atoms with Gasteiger partial charge in [0.25, 0.3) is 0 Å². The zero-order valence-corrected chi connectivity index (χ0v) is 7.55. The second-order valence-electron chi connectivity index (χ2n) is 3.40. The maximum atomic E-state index is 5.12. The summed E-state index contributed by atoms with van der Waals surface area (Å²) < 4.78 is 5.12. The molecule has 0 saturated carbocycles. The van der Waals surface area contributed by atoms with Gasteiger partial charge in [0.05, 0.1) is 6.04 Å². The van der Waals surface area contributed by atoms with Crippen LogP contribution < -0.4 is 5.32 Å². The van der Waals surface area contributed by atoms with Gasteiger partial charge in [0.1, 0.15) is 11.5 Å². The van der Waals surface area contributed by atoms with Gasteiger partial charge in [0.15, 0.2) is 0 Å². The maximum absolute atomic E-state index is 5.12. The summed E-state index contributed by atoms with van der Waals surface area (Å²) in [4.78, 5) is 0. The minimum atomic E-state index is 0.433. The van der Waals surface area contributed by atoms with E-state index in [9.17, 15) is 0 Å². The van der Waals surface area contributed by atoms with Crippen molar-refractivity contribution in [2.45, 2.75) is 32.7 Å². The van der Waals surface area contributed by atoms with Crippen LogP contribution in [0, 0.1) is 13.8 Å². The molecule has 1 fully saturated rings. The summed E-state index contributed by atoms with van der Waals surface area (Å²) in [6.07, 6.45) is 2.43. The quantitative estimate of drug-likeness (QED) is 0.690. The highest BCUT2D eigenvalue weighted by atomic mass is 16.5. The van der Waals surface area contributed by atoms with E-state index in [2.05, 4.69) is 17.4 Å². The number of hydrogen-bond acceptors (Lipinski definition) is 3. The number of nitrogens with one attached hydrogen (secondary N) is 1. The molecule has 66 valence electrons. The lowest BCUT2D eigenvalue weighted by Crippen LogP contribution is -2.14. The average molecular weight is 166 g/mol. The van der Waals surface area contributed by atoms with Crippen molar-refractivity contribution in [2.24, 2.45) is 0 Å². The molecule has 0 spiro atoms. The fourth-order valence-electron chi connectivity index (χ4n) is 1.68. The summed E-state index contributed by atoms with van der Waals surface area (Å²) in [6.45, 7) is 5.14. The Morgan fingerprint density at radius 2 is 2.33 bits per heavy atom. The fraction of sp³-hybridized carbons (Fsp3) is 0.667. The first kappa shape index (κ1) is 7.80. The van der Waals surface area contributed by atoms with Gasteiger partial charge >= 0.3 is 0 Å². The van der Waals surface area contributed by atoms with Gasteiger partial charge in [0.2, 0.25) is 0 Å². The Balaban J connectivity index is 2.26. The van der Waals surface area contributed by atoms with E-state index >= 15 is 0 Å². The highest BCUT2D eigenvalue weighted by molar-refractivity contribution is 5.23. The highest BCUT2D eigenvalue weighted by Gasteiger charge is 2.22. The van der Waals surface area contributed by atoms with Gasteiger partial charge in [-0.2, -0.15) is 0 Å². The summed E-state index contributed by atoms with van der Waals surface area (Å²) in [5, 5.41) is 7.46. The lowest BCUT2D eigenvalue weighted by Gasteiger charge is -2.05. The van der Waals surface area contributed by atoms with Crippen LogP contribution in [0.3, 0.4) is 0 Å². The van der Waals surface area contributed by atoms with Crippen molar-refractivity contribution in [1.29, 1.82) is 0 Å². The second-order valence-corrected chi connectivity index (χ2v) is 3.40. The molecule has 1 aromatic heterocycles. The van der Waals surface area contributed by atoms with Gasteiger partial charge in [-0.1, -0.05) is 5.16 Å². The van der Waals surface area contributed by atoms with Gasteiger partial charge < -0.3 is 9.84 Å². The Hall–Kier alpha value is -0.830. The third kappa shape index (κ3) is 1.14. The standard InChI is InChI=1S/C9H14N2O/c1-6-7(2)12-11-9(6)8-4-3-5-10-8/h8,10H,3-5H2,1-2H3. The van der Waals surface area contributed by atoms with Crippen molar-refractivity contribution in [3.05, 3.63) is 17.0 Å². The van der Waals surface area contributed by atoms with Crippen LogP contribution in [-0.4, -0.2) is 11.7 Å². The topological polar surface area (TPSA) is 38.1 Å². The Labute approximate surface area is 72.1 Å². The van der Waals surface area contributed by atoms with Crippen molar-refractivity contribution < 1.29 is 4.52 Å². The van der Waals surface area contributed by atoms with Crippen LogP contribution in [0.5, 0.6) is 0 Å². The molecule has 1 aliphatic rings. The Morgan fingerprint density at radius 3 is 2.83 bits per heavy atom. The van der Waals surface area contributed by atoms with Crippen LogP contribution in [0.15, 0.2) is 4.52 Å². The Bertz CT molecular complexity index is 274. The van der Waals surface area contributed by atoms with E-state index in [-0.39, 0.29) is 0 Å². The fourth-order valence-corrected chi connectivity index (χ4v) is 1.68. The van der Waals surface area contributed by atoms with Gasteiger partial charge in [0, 0.05) is 5.56 Å². The molecule has 1 aliphatic heterocycles. The number of rotatable bonds is 1. The summed E-state index contributed by atoms with van der Waals surface area (Å²) in [7, 11) is 0. The molecular weight excluding hydrogens is 152 g/mol. The largest absolute Gasteiger partial charge is 0.361 e. The minimum Gasteiger partial charge on any atom is -0.361 e. The molecule has 0 aliphatic carbocycles. The first-order chi connectivity index (χ1) is 5.79. The molecule has 1 saturated heterocycles. The van der Waals surface area contributed by atoms with Crippen molar-refractivity contribution in [1.82, 2.24) is 10.5 Å². The smallest absolute Gasteiger partial charge is 0.136 e. The first-order valence-electron chi connectivity index (χ1n) is 4.45. The molecule has 1 unspecified atom stereocenters. The average Bonchev–Trinajstić information content (AvgIpc) is 2.64. The highest BCUT2D eigenvalue weighted by Crippen LogP contribution is 2.25. The number of nitrogens with zero attached hydrogens (tertiary/aromatic N) is 1. The molecule has 2 rings (SSSR count). The van der Waals surface area contributed by atoms with Crippen LogP contribution in [0.25, 0.3) is 0 Å². The van der Waals surface area contributed by atoms with Gasteiger partial charge in [-0.3, -0.25) is 0 Å².